The number of halogens is 2. The van der Waals surface area contributed by atoms with Crippen molar-refractivity contribution in [3.8, 4) is 0 Å². The van der Waals surface area contributed by atoms with Crippen molar-refractivity contribution < 1.29 is 4.74 Å². The Bertz CT molecular complexity index is 978. The van der Waals surface area contributed by atoms with E-state index in [1.807, 2.05) is 24.3 Å². The molecule has 2 aromatic carbocycles. The fourth-order valence-electron chi connectivity index (χ4n) is 3.16. The highest BCUT2D eigenvalue weighted by molar-refractivity contribution is 9.10. The summed E-state index contributed by atoms with van der Waals surface area (Å²) in [4.78, 5) is 11.3. The Morgan fingerprint density at radius 1 is 1.19 bits per heavy atom. The van der Waals surface area contributed by atoms with Crippen LogP contribution in [0.15, 0.2) is 41.0 Å². The van der Waals surface area contributed by atoms with Crippen LogP contribution in [0, 0.1) is 0 Å². The molecule has 0 atom stereocenters. The fourth-order valence-corrected chi connectivity index (χ4v) is 4.03. The van der Waals surface area contributed by atoms with Gasteiger partial charge in [-0.05, 0) is 35.9 Å². The molecule has 0 bridgehead atoms. The van der Waals surface area contributed by atoms with Gasteiger partial charge in [0.05, 0.1) is 23.8 Å². The van der Waals surface area contributed by atoms with Crippen molar-refractivity contribution in [3.05, 3.63) is 51.6 Å². The molecule has 4 rings (SSSR count). The molecule has 0 aliphatic carbocycles. The minimum atomic E-state index is 0.481. The molecule has 1 aliphatic rings. The summed E-state index contributed by atoms with van der Waals surface area (Å²) < 4.78 is 6.30. The Balaban J connectivity index is 1.57. The second kappa shape index (κ2) is 7.98. The lowest BCUT2D eigenvalue weighted by Crippen LogP contribution is -2.35. The molecule has 1 aromatic heterocycles. The van der Waals surface area contributed by atoms with Gasteiger partial charge < -0.3 is 15.8 Å². The number of nitrogen functional groups attached to an aromatic ring is 1. The SMILES string of the molecule is Nc1cc(CN2CCOCC2)cc(Nc2ncc3cc(Br)cc(Cl)c3n2)c1. The molecule has 8 heteroatoms. The summed E-state index contributed by atoms with van der Waals surface area (Å²) in [7, 11) is 0. The van der Waals surface area contributed by atoms with Crippen molar-refractivity contribution in [2.75, 3.05) is 37.4 Å². The highest BCUT2D eigenvalue weighted by Gasteiger charge is 2.12. The number of hydrogen-bond acceptors (Lipinski definition) is 6. The average Bonchev–Trinajstić information content (AvgIpc) is 2.62. The summed E-state index contributed by atoms with van der Waals surface area (Å²) >= 11 is 9.74. The van der Waals surface area contributed by atoms with Gasteiger partial charge in [-0.2, -0.15) is 0 Å². The van der Waals surface area contributed by atoms with Crippen LogP contribution in [-0.4, -0.2) is 41.2 Å². The standard InChI is InChI=1S/C19H19BrClN5O/c20-14-7-13-10-23-19(25-18(13)17(21)8-14)24-16-6-12(5-15(22)9-16)11-26-1-3-27-4-2-26/h5-10H,1-4,11,22H2,(H,23,24,25). The van der Waals surface area contributed by atoms with E-state index in [-0.39, 0.29) is 0 Å². The van der Waals surface area contributed by atoms with Gasteiger partial charge in [-0.3, -0.25) is 4.90 Å². The number of anilines is 3. The number of rotatable bonds is 4. The van der Waals surface area contributed by atoms with E-state index in [9.17, 15) is 0 Å². The van der Waals surface area contributed by atoms with Crippen LogP contribution in [-0.2, 0) is 11.3 Å². The largest absolute Gasteiger partial charge is 0.399 e. The molecule has 0 spiro atoms. The number of nitrogens with zero attached hydrogens (tertiary/aromatic N) is 3. The summed E-state index contributed by atoms with van der Waals surface area (Å²) in [5, 5.41) is 4.69. The number of benzene rings is 2. The molecule has 6 nitrogen and oxygen atoms in total. The van der Waals surface area contributed by atoms with Crippen molar-refractivity contribution in [2.45, 2.75) is 6.54 Å². The van der Waals surface area contributed by atoms with Gasteiger partial charge in [-0.25, -0.2) is 9.97 Å². The summed E-state index contributed by atoms with van der Waals surface area (Å²) in [6.45, 7) is 4.24. The maximum Gasteiger partial charge on any atom is 0.227 e. The highest BCUT2D eigenvalue weighted by atomic mass is 79.9. The molecule has 27 heavy (non-hydrogen) atoms. The van der Waals surface area contributed by atoms with Crippen molar-refractivity contribution >= 4 is 55.8 Å². The Morgan fingerprint density at radius 3 is 2.81 bits per heavy atom. The molecule has 0 unspecified atom stereocenters. The first-order valence-corrected chi connectivity index (χ1v) is 9.82. The van der Waals surface area contributed by atoms with E-state index in [1.54, 1.807) is 6.20 Å². The van der Waals surface area contributed by atoms with Gasteiger partial charge in [0, 0.05) is 47.1 Å². The zero-order chi connectivity index (χ0) is 18.8. The minimum absolute atomic E-state index is 0.481. The molecule has 0 saturated carbocycles. The molecule has 1 saturated heterocycles. The molecule has 0 radical (unpaired) electrons. The summed E-state index contributed by atoms with van der Waals surface area (Å²) in [6.07, 6.45) is 1.75. The first kappa shape index (κ1) is 18.4. The van der Waals surface area contributed by atoms with Gasteiger partial charge in [-0.15, -0.1) is 0 Å². The van der Waals surface area contributed by atoms with Gasteiger partial charge in [0.1, 0.15) is 0 Å². The minimum Gasteiger partial charge on any atom is -0.399 e. The number of ether oxygens (including phenoxy) is 1. The van der Waals surface area contributed by atoms with E-state index >= 15 is 0 Å². The van der Waals surface area contributed by atoms with E-state index in [0.29, 0.717) is 22.2 Å². The fraction of sp³-hybridized carbons (Fsp3) is 0.263. The zero-order valence-electron chi connectivity index (χ0n) is 14.6. The Morgan fingerprint density at radius 2 is 2.00 bits per heavy atom. The Kier molecular flexibility index (Phi) is 5.45. The molecule has 1 fully saturated rings. The number of fused-ring (bicyclic) bond motifs is 1. The zero-order valence-corrected chi connectivity index (χ0v) is 16.9. The van der Waals surface area contributed by atoms with Gasteiger partial charge in [0.25, 0.3) is 0 Å². The normalized spacial score (nSPS) is 15.2. The molecule has 1 aliphatic heterocycles. The topological polar surface area (TPSA) is 76.3 Å². The average molecular weight is 449 g/mol. The van der Waals surface area contributed by atoms with Gasteiger partial charge in [0.15, 0.2) is 0 Å². The quantitative estimate of drug-likeness (QED) is 0.583. The first-order chi connectivity index (χ1) is 13.1. The van der Waals surface area contributed by atoms with Crippen molar-refractivity contribution in [1.82, 2.24) is 14.9 Å². The lowest BCUT2D eigenvalue weighted by Gasteiger charge is -2.26. The predicted octanol–water partition coefficient (Wildman–Crippen LogP) is 4.20. The van der Waals surface area contributed by atoms with Crippen LogP contribution in [0.1, 0.15) is 5.56 Å². The van der Waals surface area contributed by atoms with Crippen LogP contribution in [0.3, 0.4) is 0 Å². The molecule has 140 valence electrons. The van der Waals surface area contributed by atoms with Gasteiger partial charge in [0.2, 0.25) is 5.95 Å². The van der Waals surface area contributed by atoms with Gasteiger partial charge in [-0.1, -0.05) is 27.5 Å². The van der Waals surface area contributed by atoms with E-state index in [0.717, 1.165) is 54.0 Å². The van der Waals surface area contributed by atoms with E-state index < -0.39 is 0 Å². The van der Waals surface area contributed by atoms with Gasteiger partial charge >= 0.3 is 0 Å². The number of morpholine rings is 1. The number of aromatic nitrogens is 2. The third-order valence-electron chi connectivity index (χ3n) is 4.38. The summed E-state index contributed by atoms with van der Waals surface area (Å²) in [5.41, 5.74) is 9.50. The lowest BCUT2D eigenvalue weighted by atomic mass is 10.1. The van der Waals surface area contributed by atoms with E-state index in [1.165, 1.54) is 0 Å². The van der Waals surface area contributed by atoms with E-state index in [4.69, 9.17) is 22.1 Å². The lowest BCUT2D eigenvalue weighted by molar-refractivity contribution is 0.0342. The van der Waals surface area contributed by atoms with Crippen LogP contribution < -0.4 is 11.1 Å². The van der Waals surface area contributed by atoms with Crippen LogP contribution in [0.5, 0.6) is 0 Å². The van der Waals surface area contributed by atoms with Crippen LogP contribution in [0.2, 0.25) is 5.02 Å². The monoisotopic (exact) mass is 447 g/mol. The first-order valence-electron chi connectivity index (χ1n) is 8.65. The number of nitrogens with two attached hydrogens (primary N) is 1. The molecule has 2 heterocycles. The molecular weight excluding hydrogens is 430 g/mol. The van der Waals surface area contributed by atoms with E-state index in [2.05, 4.69) is 42.2 Å². The van der Waals surface area contributed by atoms with Crippen LogP contribution >= 0.6 is 27.5 Å². The molecular formula is C19H19BrClN5O. The molecule has 3 N–H and O–H groups in total. The van der Waals surface area contributed by atoms with Crippen molar-refractivity contribution in [1.29, 1.82) is 0 Å². The third-order valence-corrected chi connectivity index (χ3v) is 5.13. The predicted molar refractivity (Wildman–Crippen MR) is 112 cm³/mol. The second-order valence-corrected chi connectivity index (χ2v) is 7.82. The third kappa shape index (κ3) is 4.50. The summed E-state index contributed by atoms with van der Waals surface area (Å²) in [6, 6.07) is 9.70. The van der Waals surface area contributed by atoms with Crippen LogP contribution in [0.25, 0.3) is 10.9 Å². The van der Waals surface area contributed by atoms with Crippen LogP contribution in [0.4, 0.5) is 17.3 Å². The van der Waals surface area contributed by atoms with Crippen molar-refractivity contribution in [3.63, 3.8) is 0 Å². The van der Waals surface area contributed by atoms with Crippen molar-refractivity contribution in [2.24, 2.45) is 0 Å². The second-order valence-electron chi connectivity index (χ2n) is 6.50. The Hall–Kier alpha value is -1.93. The number of hydrogen-bond donors (Lipinski definition) is 2. The molecule has 0 amide bonds. The Labute approximate surface area is 170 Å². The highest BCUT2D eigenvalue weighted by Crippen LogP contribution is 2.28. The maximum absolute atomic E-state index is 6.31. The maximum atomic E-state index is 6.31. The summed E-state index contributed by atoms with van der Waals surface area (Å²) in [5.74, 6) is 0.481. The smallest absolute Gasteiger partial charge is 0.227 e. The number of nitrogens with one attached hydrogen (secondary N) is 1. The molecule has 3 aromatic rings.